The number of carbonyl (C=O) groups is 1. The third-order valence-corrected chi connectivity index (χ3v) is 2.85. The predicted molar refractivity (Wildman–Crippen MR) is 74.4 cm³/mol. The highest BCUT2D eigenvalue weighted by Gasteiger charge is 2.06. The van der Waals surface area contributed by atoms with Crippen molar-refractivity contribution < 1.29 is 9.53 Å². The zero-order valence-corrected chi connectivity index (χ0v) is 11.2. The average molecular weight is 246 g/mol. The molecule has 0 heterocycles. The van der Waals surface area contributed by atoms with E-state index in [-0.39, 0.29) is 5.97 Å². The number of carbonyl (C=O) groups excluding carboxylic acids is 1. The van der Waals surface area contributed by atoms with Crippen molar-refractivity contribution in [3.05, 3.63) is 48.0 Å². The Morgan fingerprint density at radius 2 is 1.89 bits per heavy atom. The molecule has 2 heteroatoms. The van der Waals surface area contributed by atoms with Crippen LogP contribution >= 0.6 is 0 Å². The van der Waals surface area contributed by atoms with E-state index in [2.05, 4.69) is 30.8 Å². The molecule has 0 aromatic heterocycles. The molecule has 0 fully saturated rings. The molecule has 0 aliphatic carbocycles. The number of unbranched alkanes of at least 4 members (excludes halogenated alkanes) is 2. The van der Waals surface area contributed by atoms with Gasteiger partial charge in [0.1, 0.15) is 0 Å². The van der Waals surface area contributed by atoms with Crippen LogP contribution in [0.15, 0.2) is 42.5 Å². The Balaban J connectivity index is 2.09. The Labute approximate surface area is 110 Å². The van der Waals surface area contributed by atoms with E-state index < -0.39 is 0 Å². The number of ether oxygens (including phenoxy) is 1. The van der Waals surface area contributed by atoms with Gasteiger partial charge in [-0.25, -0.2) is 4.79 Å². The Morgan fingerprint density at radius 1 is 1.17 bits per heavy atom. The molecule has 98 valence electrons. The van der Waals surface area contributed by atoms with Gasteiger partial charge in [0, 0.05) is 5.57 Å². The quantitative estimate of drug-likeness (QED) is 0.395. The van der Waals surface area contributed by atoms with E-state index in [1.165, 1.54) is 5.56 Å². The first kappa shape index (κ1) is 14.5. The molecule has 2 nitrogen and oxygen atoms in total. The summed E-state index contributed by atoms with van der Waals surface area (Å²) in [4.78, 5) is 11.3. The lowest BCUT2D eigenvalue weighted by Gasteiger charge is -2.05. The Kier molecular flexibility index (Phi) is 6.85. The fraction of sp³-hybridized carbons (Fsp3) is 0.438. The van der Waals surface area contributed by atoms with Crippen LogP contribution in [0.5, 0.6) is 0 Å². The molecular formula is C16H22O2. The molecule has 0 radical (unpaired) electrons. The van der Waals surface area contributed by atoms with E-state index >= 15 is 0 Å². The summed E-state index contributed by atoms with van der Waals surface area (Å²) in [7, 11) is 0. The van der Waals surface area contributed by atoms with E-state index in [1.54, 1.807) is 0 Å². The number of esters is 1. The normalized spacial score (nSPS) is 10.1. The van der Waals surface area contributed by atoms with Crippen molar-refractivity contribution in [2.24, 2.45) is 0 Å². The molecule has 0 amide bonds. The van der Waals surface area contributed by atoms with Crippen LogP contribution in [-0.4, -0.2) is 12.6 Å². The Bertz CT molecular complexity index is 368. The second-order valence-electron chi connectivity index (χ2n) is 4.37. The van der Waals surface area contributed by atoms with Crippen molar-refractivity contribution in [2.45, 2.75) is 39.0 Å². The van der Waals surface area contributed by atoms with Gasteiger partial charge in [0.2, 0.25) is 0 Å². The molecule has 0 spiro atoms. The summed E-state index contributed by atoms with van der Waals surface area (Å²) in [6, 6.07) is 10.5. The maximum absolute atomic E-state index is 11.3. The van der Waals surface area contributed by atoms with Gasteiger partial charge < -0.3 is 4.74 Å². The average Bonchev–Trinajstić information content (AvgIpc) is 2.39. The molecule has 0 N–H and O–H groups in total. The van der Waals surface area contributed by atoms with Crippen LogP contribution in [0.25, 0.3) is 0 Å². The molecule has 0 aliphatic heterocycles. The second-order valence-corrected chi connectivity index (χ2v) is 4.37. The predicted octanol–water partition coefficient (Wildman–Crippen LogP) is 3.91. The van der Waals surface area contributed by atoms with Gasteiger partial charge in [-0.2, -0.15) is 0 Å². The lowest BCUT2D eigenvalue weighted by atomic mass is 10.0. The summed E-state index contributed by atoms with van der Waals surface area (Å²) in [6.07, 6.45) is 5.12. The number of aryl methyl sites for hydroxylation is 1. The van der Waals surface area contributed by atoms with Crippen LogP contribution in [0.1, 0.15) is 38.2 Å². The summed E-state index contributed by atoms with van der Waals surface area (Å²) in [5, 5.41) is 0. The summed E-state index contributed by atoms with van der Waals surface area (Å²) in [5.41, 5.74) is 1.97. The van der Waals surface area contributed by atoms with E-state index in [0.29, 0.717) is 12.2 Å². The van der Waals surface area contributed by atoms with Crippen LogP contribution in [-0.2, 0) is 16.0 Å². The molecule has 18 heavy (non-hydrogen) atoms. The van der Waals surface area contributed by atoms with Crippen molar-refractivity contribution >= 4 is 5.97 Å². The second kappa shape index (κ2) is 8.51. The van der Waals surface area contributed by atoms with Crippen LogP contribution in [0, 0.1) is 0 Å². The first-order valence-corrected chi connectivity index (χ1v) is 6.63. The number of hydrogen-bond donors (Lipinski definition) is 0. The monoisotopic (exact) mass is 246 g/mol. The highest BCUT2D eigenvalue weighted by molar-refractivity contribution is 5.87. The van der Waals surface area contributed by atoms with Crippen molar-refractivity contribution in [1.82, 2.24) is 0 Å². The van der Waals surface area contributed by atoms with E-state index in [0.717, 1.165) is 32.1 Å². The van der Waals surface area contributed by atoms with Crippen LogP contribution in [0.3, 0.4) is 0 Å². The van der Waals surface area contributed by atoms with Gasteiger partial charge in [-0.15, -0.1) is 0 Å². The molecule has 1 aromatic carbocycles. The van der Waals surface area contributed by atoms with Gasteiger partial charge in [-0.05, 0) is 38.2 Å². The largest absolute Gasteiger partial charge is 0.463 e. The summed E-state index contributed by atoms with van der Waals surface area (Å²) >= 11 is 0. The first-order chi connectivity index (χ1) is 8.74. The fourth-order valence-corrected chi connectivity index (χ4v) is 1.82. The lowest BCUT2D eigenvalue weighted by Crippen LogP contribution is -2.06. The smallest absolute Gasteiger partial charge is 0.333 e. The third kappa shape index (κ3) is 5.67. The third-order valence-electron chi connectivity index (χ3n) is 2.85. The highest BCUT2D eigenvalue weighted by atomic mass is 16.5. The lowest BCUT2D eigenvalue weighted by molar-refractivity contribution is -0.138. The molecule has 0 bridgehead atoms. The molecule has 0 atom stereocenters. The van der Waals surface area contributed by atoms with Crippen LogP contribution in [0.4, 0.5) is 0 Å². The molecule has 0 aliphatic rings. The topological polar surface area (TPSA) is 26.3 Å². The van der Waals surface area contributed by atoms with Crippen molar-refractivity contribution in [3.63, 3.8) is 0 Å². The molecule has 1 aromatic rings. The molecule has 0 saturated heterocycles. The summed E-state index contributed by atoms with van der Waals surface area (Å²) < 4.78 is 4.89. The van der Waals surface area contributed by atoms with Gasteiger partial charge in [0.15, 0.2) is 0 Å². The minimum atomic E-state index is -0.249. The van der Waals surface area contributed by atoms with Crippen molar-refractivity contribution in [1.29, 1.82) is 0 Å². The van der Waals surface area contributed by atoms with E-state index in [4.69, 9.17) is 4.74 Å². The number of benzene rings is 1. The van der Waals surface area contributed by atoms with E-state index in [1.807, 2.05) is 13.0 Å². The zero-order valence-electron chi connectivity index (χ0n) is 11.2. The van der Waals surface area contributed by atoms with Gasteiger partial charge in [-0.1, -0.05) is 43.3 Å². The van der Waals surface area contributed by atoms with E-state index in [9.17, 15) is 4.79 Å². The fourth-order valence-electron chi connectivity index (χ4n) is 1.82. The maximum atomic E-state index is 11.3. The number of hydrogen-bond acceptors (Lipinski definition) is 2. The van der Waals surface area contributed by atoms with Crippen molar-refractivity contribution in [3.8, 4) is 0 Å². The minimum Gasteiger partial charge on any atom is -0.463 e. The Morgan fingerprint density at radius 3 is 2.56 bits per heavy atom. The molecule has 0 saturated carbocycles. The minimum absolute atomic E-state index is 0.249. The van der Waals surface area contributed by atoms with Gasteiger partial charge in [0.05, 0.1) is 6.61 Å². The number of rotatable bonds is 8. The van der Waals surface area contributed by atoms with Gasteiger partial charge in [-0.3, -0.25) is 0 Å². The molecule has 1 rings (SSSR count). The molecule has 0 unspecified atom stereocenters. The van der Waals surface area contributed by atoms with Crippen molar-refractivity contribution in [2.75, 3.05) is 6.61 Å². The van der Waals surface area contributed by atoms with Crippen LogP contribution < -0.4 is 0 Å². The zero-order chi connectivity index (χ0) is 13.2. The highest BCUT2D eigenvalue weighted by Crippen LogP contribution is 2.11. The summed E-state index contributed by atoms with van der Waals surface area (Å²) in [6.45, 7) is 5.99. The first-order valence-electron chi connectivity index (χ1n) is 6.63. The van der Waals surface area contributed by atoms with Crippen LogP contribution in [0.2, 0.25) is 0 Å². The standard InChI is InChI=1S/C16H22O2/c1-3-18-16(17)14(2)10-6-4-7-11-15-12-8-5-9-13-15/h5,8-9,12-13H,2-4,6-7,10-11H2,1H3. The van der Waals surface area contributed by atoms with Gasteiger partial charge >= 0.3 is 5.97 Å². The Hall–Kier alpha value is -1.57. The summed E-state index contributed by atoms with van der Waals surface area (Å²) in [5.74, 6) is -0.249. The SMILES string of the molecule is C=C(CCCCCc1ccccc1)C(=O)OCC. The molecular weight excluding hydrogens is 224 g/mol. The maximum Gasteiger partial charge on any atom is 0.333 e. The van der Waals surface area contributed by atoms with Gasteiger partial charge in [0.25, 0.3) is 0 Å².